The Hall–Kier alpha value is -1.96. The van der Waals surface area contributed by atoms with E-state index in [1.807, 2.05) is 55.4 Å². The molecule has 8 nitrogen and oxygen atoms in total. The number of carbonyl (C=O) groups excluding carboxylic acids is 4. The zero-order valence-electron chi connectivity index (χ0n) is 22.3. The molecule has 0 saturated heterocycles. The van der Waals surface area contributed by atoms with Gasteiger partial charge in [0, 0.05) is 11.0 Å². The molecule has 0 rings (SSSR count). The summed E-state index contributed by atoms with van der Waals surface area (Å²) in [5, 5.41) is 5.88. The van der Waals surface area contributed by atoms with E-state index in [1.165, 1.54) is 0 Å². The Morgan fingerprint density at radius 1 is 0.758 bits per heavy atom. The van der Waals surface area contributed by atoms with Gasteiger partial charge in [-0.05, 0) is 44.9 Å². The zero-order chi connectivity index (χ0) is 26.0. The van der Waals surface area contributed by atoms with Gasteiger partial charge in [-0.15, -0.1) is 0 Å². The standard InChI is InChI=1S/C25H46N2O6/c1-11-24(8,9)27-21(17(6)7)23(31)33-15-32-22(30)20(16(4)5)26-19(29)14-18(28)25(10,12-2)13-3/h16-17,20-21,27H,11-15H2,1-10H3,(H,26,29). The van der Waals surface area contributed by atoms with Gasteiger partial charge in [-0.1, -0.05) is 55.4 Å². The second-order valence-electron chi connectivity index (χ2n) is 10.3. The van der Waals surface area contributed by atoms with Gasteiger partial charge in [-0.2, -0.15) is 0 Å². The lowest BCUT2D eigenvalue weighted by Crippen LogP contribution is -2.52. The van der Waals surface area contributed by atoms with Crippen LogP contribution in [0.25, 0.3) is 0 Å². The van der Waals surface area contributed by atoms with E-state index in [4.69, 9.17) is 9.47 Å². The van der Waals surface area contributed by atoms with Gasteiger partial charge >= 0.3 is 11.9 Å². The molecule has 0 aliphatic carbocycles. The monoisotopic (exact) mass is 470 g/mol. The van der Waals surface area contributed by atoms with Crippen molar-refractivity contribution in [3.8, 4) is 0 Å². The topological polar surface area (TPSA) is 111 Å². The zero-order valence-corrected chi connectivity index (χ0v) is 22.3. The van der Waals surface area contributed by atoms with Crippen LogP contribution >= 0.6 is 0 Å². The van der Waals surface area contributed by atoms with Crippen LogP contribution in [-0.2, 0) is 28.7 Å². The number of hydrogen-bond acceptors (Lipinski definition) is 7. The molecule has 0 aromatic rings. The second-order valence-corrected chi connectivity index (χ2v) is 10.3. The van der Waals surface area contributed by atoms with Crippen LogP contribution < -0.4 is 10.6 Å². The number of nitrogens with one attached hydrogen (secondary N) is 2. The Morgan fingerprint density at radius 3 is 1.61 bits per heavy atom. The molecule has 192 valence electrons. The molecule has 0 aliphatic rings. The minimum Gasteiger partial charge on any atom is -0.427 e. The van der Waals surface area contributed by atoms with Crippen molar-refractivity contribution in [2.45, 2.75) is 113 Å². The average molecular weight is 471 g/mol. The Kier molecular flexibility index (Phi) is 12.9. The van der Waals surface area contributed by atoms with Gasteiger partial charge in [0.15, 0.2) is 0 Å². The van der Waals surface area contributed by atoms with E-state index >= 15 is 0 Å². The third-order valence-corrected chi connectivity index (χ3v) is 6.55. The number of Topliss-reactive ketones (excluding diaryl/α,β-unsaturated/α-hetero) is 1. The van der Waals surface area contributed by atoms with Crippen LogP contribution in [0.5, 0.6) is 0 Å². The fourth-order valence-electron chi connectivity index (χ4n) is 3.07. The van der Waals surface area contributed by atoms with Gasteiger partial charge < -0.3 is 14.8 Å². The molecule has 0 fully saturated rings. The number of ketones is 1. The molecule has 0 bridgehead atoms. The summed E-state index contributed by atoms with van der Waals surface area (Å²) in [6.45, 7) is 18.5. The first-order chi connectivity index (χ1) is 15.1. The lowest BCUT2D eigenvalue weighted by molar-refractivity contribution is -0.172. The summed E-state index contributed by atoms with van der Waals surface area (Å²) in [6, 6.07) is -1.49. The summed E-state index contributed by atoms with van der Waals surface area (Å²) in [6.07, 6.45) is 1.81. The van der Waals surface area contributed by atoms with Crippen molar-refractivity contribution < 1.29 is 28.7 Å². The minimum atomic E-state index is -0.948. The van der Waals surface area contributed by atoms with E-state index in [9.17, 15) is 19.2 Å². The van der Waals surface area contributed by atoms with E-state index in [1.54, 1.807) is 13.8 Å². The molecule has 0 heterocycles. The van der Waals surface area contributed by atoms with Crippen molar-refractivity contribution in [1.29, 1.82) is 0 Å². The van der Waals surface area contributed by atoms with E-state index in [0.29, 0.717) is 12.8 Å². The molecule has 8 heteroatoms. The third-order valence-electron chi connectivity index (χ3n) is 6.55. The highest BCUT2D eigenvalue weighted by molar-refractivity contribution is 6.01. The lowest BCUT2D eigenvalue weighted by Gasteiger charge is -2.31. The molecule has 0 spiro atoms. The van der Waals surface area contributed by atoms with E-state index in [0.717, 1.165) is 6.42 Å². The maximum Gasteiger partial charge on any atom is 0.331 e. The predicted octanol–water partition coefficient (Wildman–Crippen LogP) is 3.76. The maximum absolute atomic E-state index is 12.5. The Bertz CT molecular complexity index is 668. The van der Waals surface area contributed by atoms with Crippen LogP contribution in [0, 0.1) is 17.3 Å². The second kappa shape index (κ2) is 13.7. The van der Waals surface area contributed by atoms with Gasteiger partial charge in [0.1, 0.15) is 17.9 Å². The van der Waals surface area contributed by atoms with Crippen molar-refractivity contribution in [3.63, 3.8) is 0 Å². The Labute approximate surface area is 199 Å². The first kappa shape index (κ1) is 31.0. The van der Waals surface area contributed by atoms with Crippen molar-refractivity contribution in [2.24, 2.45) is 17.3 Å². The molecule has 0 aromatic carbocycles. The lowest BCUT2D eigenvalue weighted by atomic mass is 9.79. The minimum absolute atomic E-state index is 0.0174. The van der Waals surface area contributed by atoms with Gasteiger partial charge in [-0.3, -0.25) is 19.7 Å². The van der Waals surface area contributed by atoms with Crippen molar-refractivity contribution >= 4 is 23.6 Å². The number of carbonyl (C=O) groups is 4. The summed E-state index contributed by atoms with van der Waals surface area (Å²) >= 11 is 0. The predicted molar refractivity (Wildman–Crippen MR) is 128 cm³/mol. The third kappa shape index (κ3) is 10.2. The number of hydrogen-bond donors (Lipinski definition) is 2. The summed E-state index contributed by atoms with van der Waals surface area (Å²) in [5.74, 6) is -2.19. The van der Waals surface area contributed by atoms with Crippen molar-refractivity contribution in [2.75, 3.05) is 6.79 Å². The van der Waals surface area contributed by atoms with Gasteiger partial charge in [0.2, 0.25) is 12.7 Å². The molecule has 33 heavy (non-hydrogen) atoms. The largest absolute Gasteiger partial charge is 0.427 e. The SMILES string of the molecule is CCC(C)(C)NC(C(=O)OCOC(=O)C(NC(=O)CC(=O)C(C)(CC)CC)C(C)C)C(C)C. The van der Waals surface area contributed by atoms with Crippen LogP contribution in [0.2, 0.25) is 0 Å². The van der Waals surface area contributed by atoms with E-state index < -0.39 is 42.1 Å². The summed E-state index contributed by atoms with van der Waals surface area (Å²) in [5.41, 5.74) is -0.812. The van der Waals surface area contributed by atoms with Crippen LogP contribution in [-0.4, -0.2) is 48.0 Å². The molecular weight excluding hydrogens is 424 g/mol. The Balaban J connectivity index is 4.94. The Morgan fingerprint density at radius 2 is 1.21 bits per heavy atom. The van der Waals surface area contributed by atoms with Gasteiger partial charge in [0.25, 0.3) is 0 Å². The molecule has 2 unspecified atom stereocenters. The maximum atomic E-state index is 12.5. The molecule has 2 N–H and O–H groups in total. The van der Waals surface area contributed by atoms with Crippen molar-refractivity contribution in [1.82, 2.24) is 10.6 Å². The fraction of sp³-hybridized carbons (Fsp3) is 0.840. The van der Waals surface area contributed by atoms with Crippen molar-refractivity contribution in [3.05, 3.63) is 0 Å². The number of esters is 2. The first-order valence-corrected chi connectivity index (χ1v) is 12.1. The number of rotatable bonds is 15. The molecule has 2 atom stereocenters. The molecule has 0 radical (unpaired) electrons. The van der Waals surface area contributed by atoms with E-state index in [-0.39, 0.29) is 29.6 Å². The normalized spacial score (nSPS) is 14.1. The fourth-order valence-corrected chi connectivity index (χ4v) is 3.07. The quantitative estimate of drug-likeness (QED) is 0.213. The van der Waals surface area contributed by atoms with Gasteiger partial charge in [-0.25, -0.2) is 4.79 Å². The molecule has 1 amide bonds. The molecule has 0 aliphatic heterocycles. The highest BCUT2D eigenvalue weighted by Crippen LogP contribution is 2.27. The van der Waals surface area contributed by atoms with Crippen LogP contribution in [0.1, 0.15) is 94.9 Å². The first-order valence-electron chi connectivity index (χ1n) is 12.1. The van der Waals surface area contributed by atoms with Crippen LogP contribution in [0.15, 0.2) is 0 Å². The molecule has 0 saturated carbocycles. The molecule has 0 aromatic heterocycles. The highest BCUT2D eigenvalue weighted by Gasteiger charge is 2.33. The summed E-state index contributed by atoms with van der Waals surface area (Å²) < 4.78 is 10.3. The van der Waals surface area contributed by atoms with E-state index in [2.05, 4.69) is 10.6 Å². The number of amides is 1. The van der Waals surface area contributed by atoms with Gasteiger partial charge in [0.05, 0.1) is 6.42 Å². The molecular formula is C25H46N2O6. The van der Waals surface area contributed by atoms with Crippen LogP contribution in [0.3, 0.4) is 0 Å². The summed E-state index contributed by atoms with van der Waals surface area (Å²) in [4.78, 5) is 50.0. The smallest absolute Gasteiger partial charge is 0.331 e. The van der Waals surface area contributed by atoms with Crippen LogP contribution in [0.4, 0.5) is 0 Å². The highest BCUT2D eigenvalue weighted by atomic mass is 16.7. The summed E-state index contributed by atoms with van der Waals surface area (Å²) in [7, 11) is 0. The average Bonchev–Trinajstić information content (AvgIpc) is 2.74. The number of ether oxygens (including phenoxy) is 2.